The molecule has 0 saturated heterocycles. The zero-order chi connectivity index (χ0) is 11.9. The van der Waals surface area contributed by atoms with Crippen LogP contribution in [0.1, 0.15) is 27.2 Å². The maximum Gasteiger partial charge on any atom is 0.411 e. The van der Waals surface area contributed by atoms with Gasteiger partial charge in [0.25, 0.3) is 0 Å². The molecular formula is C10H20F3NO. The third kappa shape index (κ3) is 10.0. The Labute approximate surface area is 89.2 Å². The van der Waals surface area contributed by atoms with Gasteiger partial charge >= 0.3 is 6.18 Å². The van der Waals surface area contributed by atoms with Crippen molar-refractivity contribution in [1.29, 1.82) is 0 Å². The van der Waals surface area contributed by atoms with Gasteiger partial charge in [0.2, 0.25) is 0 Å². The molecule has 15 heavy (non-hydrogen) atoms. The van der Waals surface area contributed by atoms with E-state index in [-0.39, 0.29) is 6.61 Å². The van der Waals surface area contributed by atoms with Crippen molar-refractivity contribution in [2.24, 2.45) is 5.92 Å². The lowest BCUT2D eigenvalue weighted by molar-refractivity contribution is -0.173. The number of rotatable bonds is 7. The SMILES string of the molecule is CC(C)C(C)NCCCOCC(F)(F)F. The minimum absolute atomic E-state index is 0.150. The molecule has 0 fully saturated rings. The van der Waals surface area contributed by atoms with Gasteiger partial charge in [0, 0.05) is 12.6 Å². The van der Waals surface area contributed by atoms with Crippen LogP contribution in [0.3, 0.4) is 0 Å². The van der Waals surface area contributed by atoms with Crippen LogP contribution in [0.25, 0.3) is 0 Å². The van der Waals surface area contributed by atoms with Crippen molar-refractivity contribution in [2.75, 3.05) is 19.8 Å². The molecule has 1 atom stereocenters. The molecular weight excluding hydrogens is 207 g/mol. The summed E-state index contributed by atoms with van der Waals surface area (Å²) in [6.07, 6.45) is -3.61. The molecule has 0 heterocycles. The molecule has 0 aliphatic rings. The summed E-state index contributed by atoms with van der Waals surface area (Å²) in [6.45, 7) is 5.94. The standard InChI is InChI=1S/C10H20F3NO/c1-8(2)9(3)14-5-4-6-15-7-10(11,12)13/h8-9,14H,4-7H2,1-3H3. The molecule has 0 aromatic rings. The number of nitrogens with one attached hydrogen (secondary N) is 1. The monoisotopic (exact) mass is 227 g/mol. The average molecular weight is 227 g/mol. The molecule has 1 unspecified atom stereocenters. The lowest BCUT2D eigenvalue weighted by Crippen LogP contribution is -2.32. The Hall–Kier alpha value is -0.290. The molecule has 0 aromatic carbocycles. The Balaban J connectivity index is 3.26. The smallest absolute Gasteiger partial charge is 0.372 e. The second-order valence-electron chi connectivity index (χ2n) is 4.01. The third-order valence-electron chi connectivity index (χ3n) is 2.20. The summed E-state index contributed by atoms with van der Waals surface area (Å²) in [4.78, 5) is 0. The fraction of sp³-hybridized carbons (Fsp3) is 1.00. The molecule has 0 aliphatic heterocycles. The van der Waals surface area contributed by atoms with Gasteiger partial charge in [-0.15, -0.1) is 0 Å². The third-order valence-corrected chi connectivity index (χ3v) is 2.20. The summed E-state index contributed by atoms with van der Waals surface area (Å²) in [7, 11) is 0. The molecule has 0 saturated carbocycles. The Morgan fingerprint density at radius 2 is 1.80 bits per heavy atom. The number of hydrogen-bond acceptors (Lipinski definition) is 2. The lowest BCUT2D eigenvalue weighted by Gasteiger charge is -2.17. The molecule has 0 aliphatic carbocycles. The van der Waals surface area contributed by atoms with Crippen LogP contribution in [-0.4, -0.2) is 32.0 Å². The van der Waals surface area contributed by atoms with E-state index in [1.54, 1.807) is 0 Å². The van der Waals surface area contributed by atoms with E-state index in [1.165, 1.54) is 0 Å². The molecule has 0 amide bonds. The van der Waals surface area contributed by atoms with E-state index in [4.69, 9.17) is 0 Å². The minimum atomic E-state index is -4.21. The van der Waals surface area contributed by atoms with E-state index in [2.05, 4.69) is 30.8 Å². The highest BCUT2D eigenvalue weighted by molar-refractivity contribution is 4.63. The van der Waals surface area contributed by atoms with Gasteiger partial charge in [-0.05, 0) is 25.8 Å². The summed E-state index contributed by atoms with van der Waals surface area (Å²) >= 11 is 0. The minimum Gasteiger partial charge on any atom is -0.372 e. The van der Waals surface area contributed by atoms with Crippen molar-refractivity contribution in [3.05, 3.63) is 0 Å². The van der Waals surface area contributed by atoms with Crippen LogP contribution >= 0.6 is 0 Å². The first kappa shape index (κ1) is 14.7. The number of alkyl halides is 3. The van der Waals surface area contributed by atoms with Crippen LogP contribution in [0.4, 0.5) is 13.2 Å². The topological polar surface area (TPSA) is 21.3 Å². The van der Waals surface area contributed by atoms with Gasteiger partial charge < -0.3 is 10.1 Å². The van der Waals surface area contributed by atoms with Gasteiger partial charge in [0.05, 0.1) is 0 Å². The number of halogens is 3. The molecule has 0 radical (unpaired) electrons. The fourth-order valence-corrected chi connectivity index (χ4v) is 0.928. The van der Waals surface area contributed by atoms with Crippen molar-refractivity contribution in [3.63, 3.8) is 0 Å². The van der Waals surface area contributed by atoms with Gasteiger partial charge in [0.1, 0.15) is 6.61 Å². The van der Waals surface area contributed by atoms with E-state index in [1.807, 2.05) is 0 Å². The Morgan fingerprint density at radius 3 is 2.27 bits per heavy atom. The van der Waals surface area contributed by atoms with Gasteiger partial charge in [0.15, 0.2) is 0 Å². The van der Waals surface area contributed by atoms with E-state index >= 15 is 0 Å². The number of hydrogen-bond donors (Lipinski definition) is 1. The first-order valence-corrected chi connectivity index (χ1v) is 5.21. The van der Waals surface area contributed by atoms with Gasteiger partial charge in [-0.3, -0.25) is 0 Å². The highest BCUT2D eigenvalue weighted by Crippen LogP contribution is 2.14. The van der Waals surface area contributed by atoms with Crippen molar-refractivity contribution >= 4 is 0 Å². The Bertz CT molecular complexity index is 159. The maximum absolute atomic E-state index is 11.7. The van der Waals surface area contributed by atoms with Crippen LogP contribution in [0.15, 0.2) is 0 Å². The van der Waals surface area contributed by atoms with Crippen LogP contribution in [0.5, 0.6) is 0 Å². The lowest BCUT2D eigenvalue weighted by atomic mass is 10.1. The molecule has 0 bridgehead atoms. The Morgan fingerprint density at radius 1 is 1.20 bits per heavy atom. The summed E-state index contributed by atoms with van der Waals surface area (Å²) in [5, 5.41) is 3.22. The normalized spacial score (nSPS) is 14.6. The first-order chi connectivity index (χ1) is 6.83. The summed E-state index contributed by atoms with van der Waals surface area (Å²) < 4.78 is 39.5. The van der Waals surface area contributed by atoms with Gasteiger partial charge in [-0.1, -0.05) is 13.8 Å². The molecule has 0 aromatic heterocycles. The molecule has 2 nitrogen and oxygen atoms in total. The Kier molecular flexibility index (Phi) is 6.92. The predicted octanol–water partition coefficient (Wildman–Crippen LogP) is 2.59. The summed E-state index contributed by atoms with van der Waals surface area (Å²) in [5.74, 6) is 0.529. The number of ether oxygens (including phenoxy) is 1. The van der Waals surface area contributed by atoms with E-state index in [9.17, 15) is 13.2 Å². The molecule has 1 N–H and O–H groups in total. The van der Waals surface area contributed by atoms with Gasteiger partial charge in [-0.2, -0.15) is 13.2 Å². The summed E-state index contributed by atoms with van der Waals surface area (Å²) in [5.41, 5.74) is 0. The van der Waals surface area contributed by atoms with Crippen molar-refractivity contribution in [1.82, 2.24) is 5.32 Å². The molecule has 92 valence electrons. The first-order valence-electron chi connectivity index (χ1n) is 5.21. The van der Waals surface area contributed by atoms with E-state index in [0.29, 0.717) is 24.9 Å². The fourth-order valence-electron chi connectivity index (χ4n) is 0.928. The largest absolute Gasteiger partial charge is 0.411 e. The van der Waals surface area contributed by atoms with Crippen LogP contribution < -0.4 is 5.32 Å². The average Bonchev–Trinajstić information content (AvgIpc) is 2.08. The quantitative estimate of drug-likeness (QED) is 0.675. The summed E-state index contributed by atoms with van der Waals surface area (Å²) in [6, 6.07) is 0.382. The highest BCUT2D eigenvalue weighted by atomic mass is 19.4. The van der Waals surface area contributed by atoms with Crippen LogP contribution in [0, 0.1) is 5.92 Å². The highest BCUT2D eigenvalue weighted by Gasteiger charge is 2.27. The molecule has 0 rings (SSSR count). The molecule has 0 spiro atoms. The van der Waals surface area contributed by atoms with Crippen LogP contribution in [-0.2, 0) is 4.74 Å². The van der Waals surface area contributed by atoms with E-state index in [0.717, 1.165) is 0 Å². The second-order valence-corrected chi connectivity index (χ2v) is 4.01. The zero-order valence-electron chi connectivity index (χ0n) is 9.53. The van der Waals surface area contributed by atoms with Gasteiger partial charge in [-0.25, -0.2) is 0 Å². The maximum atomic E-state index is 11.7. The van der Waals surface area contributed by atoms with Crippen molar-refractivity contribution in [3.8, 4) is 0 Å². The molecule has 5 heteroatoms. The van der Waals surface area contributed by atoms with E-state index < -0.39 is 12.8 Å². The zero-order valence-corrected chi connectivity index (χ0v) is 9.53. The van der Waals surface area contributed by atoms with Crippen molar-refractivity contribution in [2.45, 2.75) is 39.4 Å². The second kappa shape index (κ2) is 7.06. The predicted molar refractivity (Wildman–Crippen MR) is 53.8 cm³/mol. The van der Waals surface area contributed by atoms with Crippen LogP contribution in [0.2, 0.25) is 0 Å². The van der Waals surface area contributed by atoms with Crippen molar-refractivity contribution < 1.29 is 17.9 Å².